The number of anilines is 3. The lowest BCUT2D eigenvalue weighted by Crippen LogP contribution is -2.21. The van der Waals surface area contributed by atoms with E-state index in [1.807, 2.05) is 18.2 Å². The van der Waals surface area contributed by atoms with E-state index in [2.05, 4.69) is 34.4 Å². The largest absolute Gasteiger partial charge is 0.382 e. The van der Waals surface area contributed by atoms with Crippen LogP contribution in [0.1, 0.15) is 6.42 Å². The molecule has 3 N–H and O–H groups in total. The van der Waals surface area contributed by atoms with Gasteiger partial charge in [-0.2, -0.15) is 0 Å². The topological polar surface area (TPSA) is 54.2 Å². The number of nitrogens with one attached hydrogen (secondary N) is 1. The van der Waals surface area contributed by atoms with Gasteiger partial charge in [0.15, 0.2) is 0 Å². The molecule has 0 unspecified atom stereocenters. The minimum Gasteiger partial charge on any atom is -0.382 e. The molecule has 0 fully saturated rings. The molecule has 0 aliphatic rings. The first-order chi connectivity index (χ1) is 10.1. The highest BCUT2D eigenvalue weighted by atomic mass is 35.5. The van der Waals surface area contributed by atoms with Crippen molar-refractivity contribution >= 4 is 40.5 Å². The van der Waals surface area contributed by atoms with E-state index in [4.69, 9.17) is 28.9 Å². The molecule has 0 saturated heterocycles. The van der Waals surface area contributed by atoms with Gasteiger partial charge in [0.1, 0.15) is 11.6 Å². The third-order valence-corrected chi connectivity index (χ3v) is 3.71. The molecular formula is C15H18Cl2N4. The van der Waals surface area contributed by atoms with E-state index in [-0.39, 0.29) is 5.82 Å². The Kier molecular flexibility index (Phi) is 5.53. The van der Waals surface area contributed by atoms with E-state index in [1.54, 1.807) is 6.07 Å². The van der Waals surface area contributed by atoms with Crippen molar-refractivity contribution in [1.82, 2.24) is 4.98 Å². The van der Waals surface area contributed by atoms with E-state index in [9.17, 15) is 0 Å². The van der Waals surface area contributed by atoms with Gasteiger partial charge in [0.2, 0.25) is 0 Å². The number of nitrogens with zero attached hydrogens (tertiary/aromatic N) is 2. The predicted octanol–water partition coefficient (Wildman–Crippen LogP) is 3.91. The molecule has 0 bridgehead atoms. The molecule has 0 aliphatic carbocycles. The molecule has 0 amide bonds. The average Bonchev–Trinajstić information content (AvgIpc) is 2.49. The van der Waals surface area contributed by atoms with Gasteiger partial charge >= 0.3 is 0 Å². The summed E-state index contributed by atoms with van der Waals surface area (Å²) in [4.78, 5) is 6.34. The molecule has 0 atom stereocenters. The Hall–Kier alpha value is -1.65. The highest BCUT2D eigenvalue weighted by Crippen LogP contribution is 2.27. The standard InChI is InChI=1S/C15H18Cl2N4/c1-21(11-6-3-2-4-7-11)9-5-8-19-15-13(17)10-12(16)14(18)20-15/h2-4,6-7,10H,5,8-9H2,1H3,(H3,18,19,20). The number of hydrogen-bond acceptors (Lipinski definition) is 4. The van der Waals surface area contributed by atoms with Crippen LogP contribution in [-0.4, -0.2) is 25.1 Å². The molecule has 0 saturated carbocycles. The van der Waals surface area contributed by atoms with Gasteiger partial charge in [-0.1, -0.05) is 41.4 Å². The van der Waals surface area contributed by atoms with Crippen molar-refractivity contribution < 1.29 is 0 Å². The molecule has 2 aromatic rings. The normalized spacial score (nSPS) is 10.4. The lowest BCUT2D eigenvalue weighted by molar-refractivity contribution is 0.814. The summed E-state index contributed by atoms with van der Waals surface area (Å²) in [6.07, 6.45) is 0.950. The van der Waals surface area contributed by atoms with Crippen molar-refractivity contribution in [2.45, 2.75) is 6.42 Å². The Labute approximate surface area is 134 Å². The quantitative estimate of drug-likeness (QED) is 0.791. The maximum absolute atomic E-state index is 6.06. The fourth-order valence-electron chi connectivity index (χ4n) is 1.94. The average molecular weight is 325 g/mol. The number of nitrogen functional groups attached to an aromatic ring is 1. The molecule has 1 heterocycles. The Bertz CT molecular complexity index is 590. The van der Waals surface area contributed by atoms with Crippen molar-refractivity contribution in [3.05, 3.63) is 46.4 Å². The summed E-state index contributed by atoms with van der Waals surface area (Å²) in [6, 6.07) is 11.9. The van der Waals surface area contributed by atoms with Gasteiger partial charge in [0.05, 0.1) is 10.0 Å². The number of benzene rings is 1. The second kappa shape index (κ2) is 7.38. The van der Waals surface area contributed by atoms with E-state index >= 15 is 0 Å². The Balaban J connectivity index is 1.81. The predicted molar refractivity (Wildman–Crippen MR) is 91.5 cm³/mol. The number of para-hydroxylation sites is 1. The van der Waals surface area contributed by atoms with Gasteiger partial charge in [-0.3, -0.25) is 0 Å². The molecular weight excluding hydrogens is 307 g/mol. The number of pyridine rings is 1. The highest BCUT2D eigenvalue weighted by molar-refractivity contribution is 6.37. The zero-order chi connectivity index (χ0) is 15.2. The Morgan fingerprint density at radius 3 is 2.62 bits per heavy atom. The van der Waals surface area contributed by atoms with Gasteiger partial charge in [0, 0.05) is 25.8 Å². The number of aromatic nitrogens is 1. The third kappa shape index (κ3) is 4.41. The molecule has 0 aliphatic heterocycles. The van der Waals surface area contributed by atoms with Gasteiger partial charge in [-0.15, -0.1) is 0 Å². The van der Waals surface area contributed by atoms with E-state index in [1.165, 1.54) is 5.69 Å². The molecule has 0 spiro atoms. The van der Waals surface area contributed by atoms with Crippen LogP contribution in [0.15, 0.2) is 36.4 Å². The fourth-order valence-corrected chi connectivity index (χ4v) is 2.36. The van der Waals surface area contributed by atoms with Crippen molar-refractivity contribution in [3.8, 4) is 0 Å². The van der Waals surface area contributed by atoms with Crippen molar-refractivity contribution in [1.29, 1.82) is 0 Å². The molecule has 6 heteroatoms. The van der Waals surface area contributed by atoms with Gasteiger partial charge in [0.25, 0.3) is 0 Å². The van der Waals surface area contributed by atoms with Gasteiger partial charge in [-0.05, 0) is 24.6 Å². The monoisotopic (exact) mass is 324 g/mol. The molecule has 112 valence electrons. The van der Waals surface area contributed by atoms with Crippen LogP contribution < -0.4 is 16.0 Å². The van der Waals surface area contributed by atoms with Crippen LogP contribution in [0.25, 0.3) is 0 Å². The summed E-state index contributed by atoms with van der Waals surface area (Å²) in [6.45, 7) is 1.68. The zero-order valence-corrected chi connectivity index (χ0v) is 13.3. The first kappa shape index (κ1) is 15.7. The smallest absolute Gasteiger partial charge is 0.147 e. The number of rotatable bonds is 6. The minimum atomic E-state index is 0.282. The summed E-state index contributed by atoms with van der Waals surface area (Å²) in [5.41, 5.74) is 6.87. The lowest BCUT2D eigenvalue weighted by Gasteiger charge is -2.19. The van der Waals surface area contributed by atoms with Crippen molar-refractivity contribution in [2.75, 3.05) is 36.1 Å². The minimum absolute atomic E-state index is 0.282. The SMILES string of the molecule is CN(CCCNc1nc(N)c(Cl)cc1Cl)c1ccccc1. The lowest BCUT2D eigenvalue weighted by atomic mass is 10.3. The van der Waals surface area contributed by atoms with E-state index in [0.717, 1.165) is 19.5 Å². The summed E-state index contributed by atoms with van der Waals surface area (Å²) >= 11 is 11.9. The van der Waals surface area contributed by atoms with Gasteiger partial charge in [-0.25, -0.2) is 4.98 Å². The fraction of sp³-hybridized carbons (Fsp3) is 0.267. The first-order valence-corrected chi connectivity index (χ1v) is 7.45. The van der Waals surface area contributed by atoms with E-state index in [0.29, 0.717) is 15.9 Å². The van der Waals surface area contributed by atoms with Crippen LogP contribution in [0.4, 0.5) is 17.3 Å². The Morgan fingerprint density at radius 2 is 1.90 bits per heavy atom. The maximum Gasteiger partial charge on any atom is 0.147 e. The number of halogens is 2. The molecule has 21 heavy (non-hydrogen) atoms. The summed E-state index contributed by atoms with van der Waals surface area (Å²) in [5.74, 6) is 0.853. The first-order valence-electron chi connectivity index (χ1n) is 6.69. The van der Waals surface area contributed by atoms with Crippen molar-refractivity contribution in [3.63, 3.8) is 0 Å². The molecule has 4 nitrogen and oxygen atoms in total. The molecule has 1 aromatic carbocycles. The molecule has 2 rings (SSSR count). The Morgan fingerprint density at radius 1 is 1.19 bits per heavy atom. The third-order valence-electron chi connectivity index (χ3n) is 3.12. The van der Waals surface area contributed by atoms with Crippen LogP contribution in [0, 0.1) is 0 Å². The summed E-state index contributed by atoms with van der Waals surface area (Å²) < 4.78 is 0. The molecule has 1 aromatic heterocycles. The van der Waals surface area contributed by atoms with Crippen LogP contribution in [0.5, 0.6) is 0 Å². The second-order valence-electron chi connectivity index (χ2n) is 4.72. The van der Waals surface area contributed by atoms with E-state index < -0.39 is 0 Å². The number of hydrogen-bond donors (Lipinski definition) is 2. The summed E-state index contributed by atoms with van der Waals surface area (Å²) in [5, 5.41) is 4.03. The zero-order valence-electron chi connectivity index (χ0n) is 11.8. The van der Waals surface area contributed by atoms with Crippen LogP contribution in [0.2, 0.25) is 10.0 Å². The van der Waals surface area contributed by atoms with Crippen molar-refractivity contribution in [2.24, 2.45) is 0 Å². The molecule has 0 radical (unpaired) electrons. The van der Waals surface area contributed by atoms with Crippen LogP contribution in [-0.2, 0) is 0 Å². The summed E-state index contributed by atoms with van der Waals surface area (Å²) in [7, 11) is 2.07. The highest BCUT2D eigenvalue weighted by Gasteiger charge is 2.06. The van der Waals surface area contributed by atoms with Crippen LogP contribution >= 0.6 is 23.2 Å². The van der Waals surface area contributed by atoms with Gasteiger partial charge < -0.3 is 16.0 Å². The second-order valence-corrected chi connectivity index (χ2v) is 5.54. The van der Waals surface area contributed by atoms with Crippen LogP contribution in [0.3, 0.4) is 0 Å². The maximum atomic E-state index is 6.06. The number of nitrogens with two attached hydrogens (primary N) is 1.